The highest BCUT2D eigenvalue weighted by molar-refractivity contribution is 6.15. The van der Waals surface area contributed by atoms with Crippen LogP contribution in [0.5, 0.6) is 0 Å². The van der Waals surface area contributed by atoms with Crippen LogP contribution in [0.4, 0.5) is 0 Å². The molecule has 0 heterocycles. The van der Waals surface area contributed by atoms with E-state index in [0.29, 0.717) is 11.7 Å². The van der Waals surface area contributed by atoms with E-state index in [1.807, 2.05) is 66.9 Å². The van der Waals surface area contributed by atoms with Crippen LogP contribution in [0.2, 0.25) is 0 Å². The van der Waals surface area contributed by atoms with Gasteiger partial charge in [0.15, 0.2) is 11.7 Å². The fourth-order valence-electron chi connectivity index (χ4n) is 8.87. The Morgan fingerprint density at radius 1 is 0.373 bits per heavy atom. The monoisotopic (exact) mass is 861 g/mol. The van der Waals surface area contributed by atoms with Gasteiger partial charge in [0.25, 0.3) is 0 Å². The van der Waals surface area contributed by atoms with Crippen molar-refractivity contribution < 1.29 is 0 Å². The Morgan fingerprint density at radius 2 is 0.776 bits per heavy atom. The maximum absolute atomic E-state index is 5.12. The summed E-state index contributed by atoms with van der Waals surface area (Å²) in [4.78, 5) is 14.8. The molecule has 0 saturated carbocycles. The SMILES string of the molecule is C/C=C\C(=C/C)c1c(-c2ccccc2)c(-c2ccccc2)c(-c2cccc(-c3cccc(C(N=Cc4ccccc4)=NC(=NC)c4ccccc4)c3)c2)c(-c2ccccc2)c1-c1ccccc1. The van der Waals surface area contributed by atoms with Crippen LogP contribution < -0.4 is 0 Å². The zero-order valence-electron chi connectivity index (χ0n) is 38.1. The largest absolute Gasteiger partial charge is 0.270 e. The second-order valence-corrected chi connectivity index (χ2v) is 16.1. The van der Waals surface area contributed by atoms with Crippen LogP contribution in [0, 0.1) is 0 Å². The zero-order chi connectivity index (χ0) is 45.8. The molecule has 322 valence electrons. The maximum atomic E-state index is 5.12. The molecule has 0 bridgehead atoms. The van der Waals surface area contributed by atoms with E-state index in [9.17, 15) is 0 Å². The lowest BCUT2D eigenvalue weighted by Crippen LogP contribution is -2.06. The minimum absolute atomic E-state index is 0.570. The first kappa shape index (κ1) is 43.7. The third-order valence-electron chi connectivity index (χ3n) is 11.9. The van der Waals surface area contributed by atoms with Gasteiger partial charge in [0.1, 0.15) is 0 Å². The van der Waals surface area contributed by atoms with Crippen molar-refractivity contribution in [3.8, 4) is 66.8 Å². The number of amidine groups is 2. The molecular formula is C64H51N3. The Morgan fingerprint density at radius 3 is 1.27 bits per heavy atom. The molecule has 9 aromatic carbocycles. The second kappa shape index (κ2) is 21.0. The molecule has 0 unspecified atom stereocenters. The van der Waals surface area contributed by atoms with Gasteiger partial charge in [-0.2, -0.15) is 0 Å². The fourth-order valence-corrected chi connectivity index (χ4v) is 8.87. The van der Waals surface area contributed by atoms with E-state index in [-0.39, 0.29) is 0 Å². The van der Waals surface area contributed by atoms with Gasteiger partial charge < -0.3 is 0 Å². The molecule has 0 fully saturated rings. The van der Waals surface area contributed by atoms with Gasteiger partial charge in [-0.1, -0.05) is 237 Å². The van der Waals surface area contributed by atoms with Gasteiger partial charge >= 0.3 is 0 Å². The number of allylic oxidation sites excluding steroid dienone is 4. The summed E-state index contributed by atoms with van der Waals surface area (Å²) in [7, 11) is 1.78. The van der Waals surface area contributed by atoms with Crippen molar-refractivity contribution in [1.29, 1.82) is 0 Å². The third-order valence-corrected chi connectivity index (χ3v) is 11.9. The van der Waals surface area contributed by atoms with Crippen molar-refractivity contribution in [2.75, 3.05) is 7.05 Å². The molecule has 67 heavy (non-hydrogen) atoms. The first-order valence-electron chi connectivity index (χ1n) is 22.8. The first-order chi connectivity index (χ1) is 33.1. The highest BCUT2D eigenvalue weighted by atomic mass is 15.0. The second-order valence-electron chi connectivity index (χ2n) is 16.1. The first-order valence-corrected chi connectivity index (χ1v) is 22.8. The third kappa shape index (κ3) is 9.64. The van der Waals surface area contributed by atoms with Gasteiger partial charge in [0.2, 0.25) is 0 Å². The number of aliphatic imine (C=N–C) groups is 3. The molecule has 0 aliphatic heterocycles. The van der Waals surface area contributed by atoms with Crippen LogP contribution in [-0.4, -0.2) is 24.9 Å². The molecule has 3 heteroatoms. The molecule has 0 radical (unpaired) electrons. The number of hydrogen-bond donors (Lipinski definition) is 0. The lowest BCUT2D eigenvalue weighted by Gasteiger charge is -2.29. The van der Waals surface area contributed by atoms with E-state index >= 15 is 0 Å². The summed E-state index contributed by atoms with van der Waals surface area (Å²) in [5, 5.41) is 0. The summed E-state index contributed by atoms with van der Waals surface area (Å²) < 4.78 is 0. The molecular weight excluding hydrogens is 811 g/mol. The van der Waals surface area contributed by atoms with E-state index in [1.165, 1.54) is 27.8 Å². The van der Waals surface area contributed by atoms with Crippen molar-refractivity contribution in [2.45, 2.75) is 13.8 Å². The van der Waals surface area contributed by atoms with Gasteiger partial charge in [0.05, 0.1) is 0 Å². The lowest BCUT2D eigenvalue weighted by atomic mass is 9.73. The molecule has 9 rings (SSSR count). The van der Waals surface area contributed by atoms with Crippen molar-refractivity contribution in [1.82, 2.24) is 0 Å². The van der Waals surface area contributed by atoms with Gasteiger partial charge in [-0.05, 0) is 109 Å². The average Bonchev–Trinajstić information content (AvgIpc) is 3.41. The van der Waals surface area contributed by atoms with Crippen LogP contribution in [0.15, 0.2) is 264 Å². The smallest absolute Gasteiger partial charge is 0.161 e. The number of hydrogen-bond acceptors (Lipinski definition) is 1. The van der Waals surface area contributed by atoms with Crippen LogP contribution in [0.3, 0.4) is 0 Å². The molecule has 0 aliphatic rings. The Balaban J connectivity index is 1.34. The van der Waals surface area contributed by atoms with Crippen LogP contribution in [0.25, 0.3) is 72.3 Å². The van der Waals surface area contributed by atoms with Gasteiger partial charge in [-0.25, -0.2) is 9.98 Å². The number of benzene rings is 9. The summed E-state index contributed by atoms with van der Waals surface area (Å²) in [5.74, 6) is 1.18. The summed E-state index contributed by atoms with van der Waals surface area (Å²) in [6, 6.07) is 81.4. The van der Waals surface area contributed by atoms with Gasteiger partial charge in [-0.15, -0.1) is 0 Å². The predicted octanol–water partition coefficient (Wildman–Crippen LogP) is 16.6. The van der Waals surface area contributed by atoms with Crippen LogP contribution >= 0.6 is 0 Å². The maximum Gasteiger partial charge on any atom is 0.161 e. The molecule has 0 aliphatic carbocycles. The molecule has 0 amide bonds. The minimum atomic E-state index is 0.570. The standard InChI is InChI=1S/C64H51N3/c1-4-26-47(5-2)57-58(48-29-14-7-15-30-48)60(50-33-18-9-19-34-50)62(61(51-35-20-10-21-36-51)59(57)49-31-16-8-17-32-49)55-41-24-39-53(43-55)54-40-25-42-56(44-54)64(66-45-46-27-12-6-13-28-46)67-63(65-3)52-37-22-11-23-38-52/h4-45H,1-3H3/b26-4-,47-5+,65-63?,66-45?,67-64?. The molecule has 3 nitrogen and oxygen atoms in total. The summed E-state index contributed by atoms with van der Waals surface area (Å²) in [6.07, 6.45) is 8.52. The van der Waals surface area contributed by atoms with Crippen molar-refractivity contribution in [2.24, 2.45) is 15.0 Å². The Bertz CT molecular complexity index is 3150. The van der Waals surface area contributed by atoms with Gasteiger partial charge in [0, 0.05) is 24.4 Å². The number of rotatable bonds is 11. The molecule has 0 aromatic heterocycles. The zero-order valence-corrected chi connectivity index (χ0v) is 38.1. The van der Waals surface area contributed by atoms with E-state index < -0.39 is 0 Å². The quantitative estimate of drug-likeness (QED) is 0.0706. The van der Waals surface area contributed by atoms with Crippen molar-refractivity contribution in [3.63, 3.8) is 0 Å². The van der Waals surface area contributed by atoms with Crippen molar-refractivity contribution >= 4 is 23.5 Å². The highest BCUT2D eigenvalue weighted by Crippen LogP contribution is 2.55. The van der Waals surface area contributed by atoms with E-state index in [4.69, 9.17) is 9.98 Å². The van der Waals surface area contributed by atoms with Gasteiger partial charge in [-0.3, -0.25) is 4.99 Å². The molecule has 0 spiro atoms. The molecule has 0 atom stereocenters. The van der Waals surface area contributed by atoms with E-state index in [0.717, 1.165) is 66.8 Å². The average molecular weight is 862 g/mol. The Hall–Kier alpha value is -8.53. The predicted molar refractivity (Wildman–Crippen MR) is 287 cm³/mol. The summed E-state index contributed by atoms with van der Waals surface area (Å²) in [5.41, 5.74) is 18.8. The van der Waals surface area contributed by atoms with Crippen molar-refractivity contribution in [3.05, 3.63) is 271 Å². The highest BCUT2D eigenvalue weighted by Gasteiger charge is 2.29. The van der Waals surface area contributed by atoms with E-state index in [1.54, 1.807) is 7.05 Å². The normalized spacial score (nSPS) is 12.3. The molecule has 0 N–H and O–H groups in total. The molecule has 9 aromatic rings. The summed E-state index contributed by atoms with van der Waals surface area (Å²) >= 11 is 0. The Labute approximate surface area is 395 Å². The Kier molecular flexibility index (Phi) is 13.7. The lowest BCUT2D eigenvalue weighted by molar-refractivity contribution is 1.37. The minimum Gasteiger partial charge on any atom is -0.270 e. The molecule has 0 saturated heterocycles. The fraction of sp³-hybridized carbons (Fsp3) is 0.0469. The topological polar surface area (TPSA) is 37.1 Å². The summed E-state index contributed by atoms with van der Waals surface area (Å²) in [6.45, 7) is 4.25. The van der Waals surface area contributed by atoms with Crippen LogP contribution in [-0.2, 0) is 0 Å². The van der Waals surface area contributed by atoms with Crippen LogP contribution in [0.1, 0.15) is 36.1 Å². The number of nitrogens with zero attached hydrogens (tertiary/aromatic N) is 3. The van der Waals surface area contributed by atoms with E-state index in [2.05, 4.69) is 207 Å².